The molecule has 3 amide bonds. The maximum Gasteiger partial charge on any atom is 0.224 e. The quantitative estimate of drug-likeness (QED) is 0.758. The van der Waals surface area contributed by atoms with E-state index in [0.29, 0.717) is 39.1 Å². The van der Waals surface area contributed by atoms with Gasteiger partial charge < -0.3 is 20.4 Å². The predicted octanol–water partition coefficient (Wildman–Crippen LogP) is 0.748. The van der Waals surface area contributed by atoms with E-state index in [9.17, 15) is 14.4 Å². The molecule has 2 rings (SSSR count). The molecule has 0 radical (unpaired) electrons. The summed E-state index contributed by atoms with van der Waals surface area (Å²) in [6.07, 6.45) is 1.22. The summed E-state index contributed by atoms with van der Waals surface area (Å²) >= 11 is 0. The maximum atomic E-state index is 12.1. The van der Waals surface area contributed by atoms with Crippen molar-refractivity contribution in [2.75, 3.05) is 43.4 Å². The van der Waals surface area contributed by atoms with Gasteiger partial charge in [0.15, 0.2) is 0 Å². The first-order valence-electron chi connectivity index (χ1n) is 7.67. The predicted molar refractivity (Wildman–Crippen MR) is 88.1 cm³/mol. The highest BCUT2D eigenvalue weighted by Gasteiger charge is 2.19. The van der Waals surface area contributed by atoms with Crippen LogP contribution in [0, 0.1) is 0 Å². The van der Waals surface area contributed by atoms with E-state index in [1.807, 2.05) is 24.3 Å². The van der Waals surface area contributed by atoms with Gasteiger partial charge in [0, 0.05) is 57.4 Å². The molecular formula is C16H22N4O3. The van der Waals surface area contributed by atoms with Gasteiger partial charge in [0.25, 0.3) is 0 Å². The van der Waals surface area contributed by atoms with Crippen molar-refractivity contribution in [1.82, 2.24) is 9.80 Å². The van der Waals surface area contributed by atoms with Crippen LogP contribution in [0.1, 0.15) is 13.3 Å². The molecular weight excluding hydrogens is 296 g/mol. The molecule has 1 aliphatic rings. The van der Waals surface area contributed by atoms with E-state index in [0.717, 1.165) is 17.8 Å². The Hall–Kier alpha value is -2.57. The number of piperazine rings is 1. The summed E-state index contributed by atoms with van der Waals surface area (Å²) in [6, 6.07) is 7.37. The Labute approximate surface area is 135 Å². The van der Waals surface area contributed by atoms with Gasteiger partial charge in [0.1, 0.15) is 0 Å². The second-order valence-corrected chi connectivity index (χ2v) is 5.46. The van der Waals surface area contributed by atoms with Gasteiger partial charge in [-0.25, -0.2) is 0 Å². The second-order valence-electron chi connectivity index (χ2n) is 5.46. The van der Waals surface area contributed by atoms with E-state index in [-0.39, 0.29) is 11.8 Å². The van der Waals surface area contributed by atoms with Gasteiger partial charge in [-0.05, 0) is 18.2 Å². The standard InChI is InChI=1S/C16H22N4O3/c1-13(22)18-15-4-2-3-14(11-15)17-6-5-16(23)20-9-7-19(12-21)8-10-20/h2-4,11-12,17H,5-10H2,1H3,(H,18,22). The molecule has 1 saturated heterocycles. The lowest BCUT2D eigenvalue weighted by molar-refractivity contribution is -0.134. The number of benzene rings is 1. The minimum absolute atomic E-state index is 0.0843. The maximum absolute atomic E-state index is 12.1. The Morgan fingerprint density at radius 3 is 2.52 bits per heavy atom. The lowest BCUT2D eigenvalue weighted by Crippen LogP contribution is -2.48. The number of nitrogens with one attached hydrogen (secondary N) is 2. The zero-order valence-electron chi connectivity index (χ0n) is 13.2. The molecule has 0 saturated carbocycles. The smallest absolute Gasteiger partial charge is 0.224 e. The normalized spacial score (nSPS) is 14.3. The van der Waals surface area contributed by atoms with Crippen molar-refractivity contribution in [3.05, 3.63) is 24.3 Å². The van der Waals surface area contributed by atoms with Crippen LogP contribution in [0.3, 0.4) is 0 Å². The van der Waals surface area contributed by atoms with Crippen molar-refractivity contribution in [3.8, 4) is 0 Å². The van der Waals surface area contributed by atoms with Crippen LogP contribution in [0.2, 0.25) is 0 Å². The Balaban J connectivity index is 1.75. The van der Waals surface area contributed by atoms with Gasteiger partial charge in [-0.3, -0.25) is 14.4 Å². The molecule has 1 aromatic rings. The number of carbonyl (C=O) groups excluding carboxylic acids is 3. The summed E-state index contributed by atoms with van der Waals surface area (Å²) in [7, 11) is 0. The first-order valence-corrected chi connectivity index (χ1v) is 7.67. The third kappa shape index (κ3) is 5.28. The summed E-state index contributed by atoms with van der Waals surface area (Å²) in [4.78, 5) is 37.3. The lowest BCUT2D eigenvalue weighted by atomic mass is 10.2. The molecule has 7 heteroatoms. The molecule has 0 spiro atoms. The number of amides is 3. The molecule has 1 aromatic carbocycles. The zero-order valence-corrected chi connectivity index (χ0v) is 13.2. The van der Waals surface area contributed by atoms with Crippen molar-refractivity contribution in [1.29, 1.82) is 0 Å². The number of anilines is 2. The molecule has 0 unspecified atom stereocenters. The van der Waals surface area contributed by atoms with Crippen molar-refractivity contribution in [2.24, 2.45) is 0 Å². The SMILES string of the molecule is CC(=O)Nc1cccc(NCCC(=O)N2CCN(C=O)CC2)c1. The molecule has 0 bridgehead atoms. The van der Waals surface area contributed by atoms with Crippen LogP contribution in [-0.2, 0) is 14.4 Å². The van der Waals surface area contributed by atoms with Crippen molar-refractivity contribution >= 4 is 29.6 Å². The van der Waals surface area contributed by atoms with Crippen molar-refractivity contribution < 1.29 is 14.4 Å². The number of carbonyl (C=O) groups is 3. The minimum Gasteiger partial charge on any atom is -0.384 e. The van der Waals surface area contributed by atoms with E-state index >= 15 is 0 Å². The first kappa shape index (κ1) is 16.8. The van der Waals surface area contributed by atoms with Gasteiger partial charge in [-0.15, -0.1) is 0 Å². The van der Waals surface area contributed by atoms with Crippen molar-refractivity contribution in [3.63, 3.8) is 0 Å². The molecule has 1 aliphatic heterocycles. The molecule has 0 atom stereocenters. The van der Waals surface area contributed by atoms with Crippen molar-refractivity contribution in [2.45, 2.75) is 13.3 Å². The van der Waals surface area contributed by atoms with E-state index in [2.05, 4.69) is 10.6 Å². The third-order valence-electron chi connectivity index (χ3n) is 3.67. The summed E-state index contributed by atoms with van der Waals surface area (Å²) < 4.78 is 0. The molecule has 2 N–H and O–H groups in total. The van der Waals surface area contributed by atoms with Gasteiger partial charge in [-0.2, -0.15) is 0 Å². The molecule has 23 heavy (non-hydrogen) atoms. The molecule has 1 heterocycles. The molecule has 124 valence electrons. The molecule has 0 aliphatic carbocycles. The highest BCUT2D eigenvalue weighted by Crippen LogP contribution is 2.15. The lowest BCUT2D eigenvalue weighted by Gasteiger charge is -2.32. The van der Waals surface area contributed by atoms with Gasteiger partial charge in [0.2, 0.25) is 18.2 Å². The Kier molecular flexibility index (Phi) is 5.96. The molecule has 1 fully saturated rings. The number of hydrogen-bond donors (Lipinski definition) is 2. The highest BCUT2D eigenvalue weighted by atomic mass is 16.2. The van der Waals surface area contributed by atoms with E-state index in [1.54, 1.807) is 9.80 Å². The summed E-state index contributed by atoms with van der Waals surface area (Å²) in [5.74, 6) is -0.0344. The van der Waals surface area contributed by atoms with Crippen LogP contribution >= 0.6 is 0 Å². The van der Waals surface area contributed by atoms with Gasteiger partial charge in [-0.1, -0.05) is 6.07 Å². The zero-order chi connectivity index (χ0) is 16.7. The summed E-state index contributed by atoms with van der Waals surface area (Å²) in [5.41, 5.74) is 1.58. The Morgan fingerprint density at radius 1 is 1.17 bits per heavy atom. The largest absolute Gasteiger partial charge is 0.384 e. The van der Waals surface area contributed by atoms with E-state index in [1.165, 1.54) is 6.92 Å². The topological polar surface area (TPSA) is 81.8 Å². The number of rotatable bonds is 6. The Bertz CT molecular complexity index is 568. The van der Waals surface area contributed by atoms with Crippen LogP contribution in [0.4, 0.5) is 11.4 Å². The van der Waals surface area contributed by atoms with Crippen LogP contribution in [-0.4, -0.2) is 60.7 Å². The van der Waals surface area contributed by atoms with Crippen LogP contribution in [0.15, 0.2) is 24.3 Å². The molecule has 0 aromatic heterocycles. The average molecular weight is 318 g/mol. The Morgan fingerprint density at radius 2 is 1.87 bits per heavy atom. The van der Waals surface area contributed by atoms with E-state index < -0.39 is 0 Å². The van der Waals surface area contributed by atoms with E-state index in [4.69, 9.17) is 0 Å². The number of hydrogen-bond acceptors (Lipinski definition) is 4. The minimum atomic E-state index is -0.119. The van der Waals surface area contributed by atoms with Gasteiger partial charge >= 0.3 is 0 Å². The fourth-order valence-electron chi connectivity index (χ4n) is 2.46. The van der Waals surface area contributed by atoms with Gasteiger partial charge in [0.05, 0.1) is 0 Å². The third-order valence-corrected chi connectivity index (χ3v) is 3.67. The monoisotopic (exact) mass is 318 g/mol. The van der Waals surface area contributed by atoms with Crippen LogP contribution < -0.4 is 10.6 Å². The summed E-state index contributed by atoms with van der Waals surface area (Å²) in [6.45, 7) is 4.37. The average Bonchev–Trinajstić information content (AvgIpc) is 2.54. The second kappa shape index (κ2) is 8.17. The fourth-order valence-corrected chi connectivity index (χ4v) is 2.46. The fraction of sp³-hybridized carbons (Fsp3) is 0.438. The highest BCUT2D eigenvalue weighted by molar-refractivity contribution is 5.89. The first-order chi connectivity index (χ1) is 11.1. The number of nitrogens with zero attached hydrogens (tertiary/aromatic N) is 2. The molecule has 7 nitrogen and oxygen atoms in total. The summed E-state index contributed by atoms with van der Waals surface area (Å²) in [5, 5.41) is 5.90. The van der Waals surface area contributed by atoms with Crippen LogP contribution in [0.25, 0.3) is 0 Å². The van der Waals surface area contributed by atoms with Crippen LogP contribution in [0.5, 0.6) is 0 Å².